The lowest BCUT2D eigenvalue weighted by Gasteiger charge is -2.16. The number of nitrogens with one attached hydrogen (secondary N) is 1. The Kier molecular flexibility index (Phi) is 3.80. The molecule has 0 amide bonds. The van der Waals surface area contributed by atoms with Crippen molar-refractivity contribution in [1.29, 1.82) is 0 Å². The van der Waals surface area contributed by atoms with Crippen LogP contribution in [0.5, 0.6) is 5.75 Å². The van der Waals surface area contributed by atoms with Crippen LogP contribution in [0.4, 0.5) is 5.82 Å². The Morgan fingerprint density at radius 2 is 2.04 bits per heavy atom. The minimum atomic E-state index is 0.308. The number of hydrogen-bond donors (Lipinski definition) is 1. The van der Waals surface area contributed by atoms with Gasteiger partial charge in [-0.2, -0.15) is 4.52 Å². The van der Waals surface area contributed by atoms with Gasteiger partial charge in [-0.3, -0.25) is 0 Å². The summed E-state index contributed by atoms with van der Waals surface area (Å²) in [4.78, 5) is 0. The predicted octanol–water partition coefficient (Wildman–Crippen LogP) is 3.23. The van der Waals surface area contributed by atoms with Crippen LogP contribution in [0.25, 0.3) is 5.65 Å². The topological polar surface area (TPSA) is 64.3 Å². The van der Waals surface area contributed by atoms with E-state index in [-0.39, 0.29) is 0 Å². The van der Waals surface area contributed by atoms with E-state index in [1.54, 1.807) is 7.11 Å². The van der Waals surface area contributed by atoms with Crippen LogP contribution in [0, 0.1) is 0 Å². The lowest BCUT2D eigenvalue weighted by molar-refractivity contribution is 0.407. The van der Waals surface area contributed by atoms with Crippen molar-refractivity contribution in [3.8, 4) is 5.75 Å². The summed E-state index contributed by atoms with van der Waals surface area (Å²) in [5.41, 5.74) is 2.00. The SMILES string of the molecule is COc1ccccc1C(C)CNc1ccc2nnc(C3CC3)n2n1. The number of fused-ring (bicyclic) bond motifs is 1. The third-order valence-corrected chi connectivity index (χ3v) is 4.49. The molecule has 0 saturated heterocycles. The highest BCUT2D eigenvalue weighted by molar-refractivity contribution is 5.45. The van der Waals surface area contributed by atoms with Gasteiger partial charge in [-0.05, 0) is 36.6 Å². The number of aromatic nitrogens is 4. The van der Waals surface area contributed by atoms with Gasteiger partial charge in [0.2, 0.25) is 0 Å². The number of ether oxygens (including phenoxy) is 1. The summed E-state index contributed by atoms with van der Waals surface area (Å²) in [6.45, 7) is 2.96. The Bertz CT molecular complexity index is 855. The fourth-order valence-corrected chi connectivity index (χ4v) is 2.94. The van der Waals surface area contributed by atoms with Gasteiger partial charge in [-0.1, -0.05) is 25.1 Å². The highest BCUT2D eigenvalue weighted by Gasteiger charge is 2.29. The molecule has 3 aromatic rings. The van der Waals surface area contributed by atoms with Crippen molar-refractivity contribution in [3.63, 3.8) is 0 Å². The maximum Gasteiger partial charge on any atom is 0.178 e. The van der Waals surface area contributed by atoms with E-state index in [9.17, 15) is 0 Å². The van der Waals surface area contributed by atoms with E-state index in [0.29, 0.717) is 11.8 Å². The maximum absolute atomic E-state index is 5.45. The first-order chi connectivity index (χ1) is 11.8. The molecule has 124 valence electrons. The molecule has 0 bridgehead atoms. The zero-order chi connectivity index (χ0) is 16.5. The second-order valence-corrected chi connectivity index (χ2v) is 6.34. The van der Waals surface area contributed by atoms with Crippen LogP contribution in [-0.2, 0) is 0 Å². The van der Waals surface area contributed by atoms with Crippen molar-refractivity contribution in [1.82, 2.24) is 19.8 Å². The molecule has 1 saturated carbocycles. The lowest BCUT2D eigenvalue weighted by atomic mass is 10.00. The van der Waals surface area contributed by atoms with Gasteiger partial charge < -0.3 is 10.1 Å². The molecule has 1 aromatic carbocycles. The van der Waals surface area contributed by atoms with E-state index in [4.69, 9.17) is 4.74 Å². The molecule has 2 aromatic heterocycles. The minimum absolute atomic E-state index is 0.308. The standard InChI is InChI=1S/C18H21N5O/c1-12(14-5-3-4-6-15(14)24-2)11-19-16-9-10-17-20-21-18(13-7-8-13)23(17)22-16/h3-6,9-10,12-13H,7-8,11H2,1-2H3,(H,19,22). The molecule has 4 rings (SSSR count). The number of rotatable bonds is 6. The first-order valence-electron chi connectivity index (χ1n) is 8.35. The summed E-state index contributed by atoms with van der Waals surface area (Å²) in [6.07, 6.45) is 2.37. The number of methoxy groups -OCH3 is 1. The summed E-state index contributed by atoms with van der Waals surface area (Å²) in [6, 6.07) is 12.0. The van der Waals surface area contributed by atoms with E-state index in [2.05, 4.69) is 33.6 Å². The molecule has 1 fully saturated rings. The third-order valence-electron chi connectivity index (χ3n) is 4.49. The van der Waals surface area contributed by atoms with Crippen LogP contribution in [-0.4, -0.2) is 33.5 Å². The number of benzene rings is 1. The maximum atomic E-state index is 5.45. The molecule has 6 nitrogen and oxygen atoms in total. The zero-order valence-electron chi connectivity index (χ0n) is 13.9. The van der Waals surface area contributed by atoms with Crippen LogP contribution >= 0.6 is 0 Å². The summed E-state index contributed by atoms with van der Waals surface area (Å²) in [5, 5.41) is 16.5. The van der Waals surface area contributed by atoms with Crippen molar-refractivity contribution >= 4 is 11.5 Å². The van der Waals surface area contributed by atoms with Crippen molar-refractivity contribution in [2.75, 3.05) is 19.0 Å². The third kappa shape index (κ3) is 2.79. The molecule has 24 heavy (non-hydrogen) atoms. The average Bonchev–Trinajstić information content (AvgIpc) is 3.39. The Hall–Kier alpha value is -2.63. The number of anilines is 1. The van der Waals surface area contributed by atoms with Gasteiger partial charge >= 0.3 is 0 Å². The van der Waals surface area contributed by atoms with Crippen LogP contribution in [0.2, 0.25) is 0 Å². The molecule has 1 atom stereocenters. The van der Waals surface area contributed by atoms with Gasteiger partial charge in [-0.15, -0.1) is 15.3 Å². The van der Waals surface area contributed by atoms with Gasteiger partial charge in [0.05, 0.1) is 7.11 Å². The second-order valence-electron chi connectivity index (χ2n) is 6.34. The summed E-state index contributed by atoms with van der Waals surface area (Å²) in [7, 11) is 1.71. The normalized spacial score (nSPS) is 15.4. The van der Waals surface area contributed by atoms with Gasteiger partial charge in [0.25, 0.3) is 0 Å². The Balaban J connectivity index is 1.51. The Morgan fingerprint density at radius 1 is 1.21 bits per heavy atom. The number of hydrogen-bond acceptors (Lipinski definition) is 5. The average molecular weight is 323 g/mol. The van der Waals surface area contributed by atoms with Crippen molar-refractivity contribution in [2.45, 2.75) is 31.6 Å². The lowest BCUT2D eigenvalue weighted by Crippen LogP contribution is -2.13. The predicted molar refractivity (Wildman–Crippen MR) is 92.7 cm³/mol. The first-order valence-corrected chi connectivity index (χ1v) is 8.35. The molecule has 0 radical (unpaired) electrons. The van der Waals surface area contributed by atoms with Gasteiger partial charge in [-0.25, -0.2) is 0 Å². The molecule has 1 aliphatic carbocycles. The highest BCUT2D eigenvalue weighted by Crippen LogP contribution is 2.38. The molecule has 6 heteroatoms. The fourth-order valence-electron chi connectivity index (χ4n) is 2.94. The second kappa shape index (κ2) is 6.11. The van der Waals surface area contributed by atoms with E-state index in [1.807, 2.05) is 34.8 Å². The highest BCUT2D eigenvalue weighted by atomic mass is 16.5. The van der Waals surface area contributed by atoms with Crippen molar-refractivity contribution in [2.24, 2.45) is 0 Å². The summed E-state index contributed by atoms with van der Waals surface area (Å²) < 4.78 is 7.32. The molecule has 2 heterocycles. The molecule has 1 unspecified atom stereocenters. The number of para-hydroxylation sites is 1. The van der Waals surface area contributed by atoms with Crippen LogP contribution in [0.15, 0.2) is 36.4 Å². The fraction of sp³-hybridized carbons (Fsp3) is 0.389. The number of nitrogens with zero attached hydrogens (tertiary/aromatic N) is 4. The van der Waals surface area contributed by atoms with Gasteiger partial charge in [0, 0.05) is 18.4 Å². The summed E-state index contributed by atoms with van der Waals surface area (Å²) in [5.74, 6) is 3.57. The Labute approximate surface area is 140 Å². The van der Waals surface area contributed by atoms with Gasteiger partial charge in [0.1, 0.15) is 11.6 Å². The van der Waals surface area contributed by atoms with Gasteiger partial charge in [0.15, 0.2) is 11.5 Å². The molecule has 0 aliphatic heterocycles. The first kappa shape index (κ1) is 14.9. The Morgan fingerprint density at radius 3 is 2.83 bits per heavy atom. The summed E-state index contributed by atoms with van der Waals surface area (Å²) >= 11 is 0. The van der Waals surface area contributed by atoms with Crippen LogP contribution in [0.1, 0.15) is 43.0 Å². The quantitative estimate of drug-likeness (QED) is 0.754. The van der Waals surface area contributed by atoms with E-state index in [0.717, 1.165) is 29.6 Å². The molecule has 1 N–H and O–H groups in total. The van der Waals surface area contributed by atoms with Crippen LogP contribution < -0.4 is 10.1 Å². The minimum Gasteiger partial charge on any atom is -0.496 e. The molecular weight excluding hydrogens is 302 g/mol. The monoisotopic (exact) mass is 323 g/mol. The van der Waals surface area contributed by atoms with E-state index < -0.39 is 0 Å². The van der Waals surface area contributed by atoms with E-state index >= 15 is 0 Å². The molecular formula is C18H21N5O. The van der Waals surface area contributed by atoms with E-state index in [1.165, 1.54) is 18.4 Å². The van der Waals surface area contributed by atoms with Crippen molar-refractivity contribution < 1.29 is 4.74 Å². The molecule has 0 spiro atoms. The zero-order valence-corrected chi connectivity index (χ0v) is 13.9. The smallest absolute Gasteiger partial charge is 0.178 e. The molecule has 1 aliphatic rings. The largest absolute Gasteiger partial charge is 0.496 e. The van der Waals surface area contributed by atoms with Crippen LogP contribution in [0.3, 0.4) is 0 Å². The van der Waals surface area contributed by atoms with Crippen molar-refractivity contribution in [3.05, 3.63) is 47.8 Å².